The first kappa shape index (κ1) is 23.8. The zero-order chi connectivity index (χ0) is 24.7. The molecule has 5 rings (SSSR count). The van der Waals surface area contributed by atoms with E-state index in [0.29, 0.717) is 25.9 Å². The number of benzene rings is 2. The lowest BCUT2D eigenvalue weighted by molar-refractivity contribution is 0.0696. The molecule has 1 aliphatic carbocycles. The van der Waals surface area contributed by atoms with Gasteiger partial charge in [-0.1, -0.05) is 12.1 Å². The van der Waals surface area contributed by atoms with E-state index in [-0.39, 0.29) is 22.9 Å². The van der Waals surface area contributed by atoms with E-state index in [9.17, 15) is 18.3 Å². The molecule has 0 unspecified atom stereocenters. The zero-order valence-electron chi connectivity index (χ0n) is 20.0. The molecule has 2 aliphatic rings. The molecule has 1 saturated heterocycles. The van der Waals surface area contributed by atoms with Crippen molar-refractivity contribution in [2.75, 3.05) is 13.7 Å². The first-order valence-corrected chi connectivity index (χ1v) is 13.5. The van der Waals surface area contributed by atoms with Crippen LogP contribution in [0.2, 0.25) is 0 Å². The van der Waals surface area contributed by atoms with Gasteiger partial charge in [0.2, 0.25) is 10.0 Å². The van der Waals surface area contributed by atoms with Crippen LogP contribution in [0, 0.1) is 6.92 Å². The predicted octanol–water partition coefficient (Wildman–Crippen LogP) is 3.97. The molecule has 1 aromatic heterocycles. The second-order valence-electron chi connectivity index (χ2n) is 9.64. The number of aromatic carboxylic acids is 1. The number of rotatable bonds is 8. The Labute approximate surface area is 205 Å². The van der Waals surface area contributed by atoms with Crippen molar-refractivity contribution in [3.8, 4) is 5.75 Å². The number of sulfonamides is 1. The van der Waals surface area contributed by atoms with Crippen LogP contribution in [0.1, 0.15) is 58.8 Å². The van der Waals surface area contributed by atoms with Gasteiger partial charge in [0, 0.05) is 47.8 Å². The van der Waals surface area contributed by atoms with Crippen LogP contribution < -0.4 is 9.46 Å². The standard InChI is InChI=1S/C26H31N3O5S/c1-16-13-24(34-2)22(21-9-11-27-25(16)21)15-29-12-10-19(28-35(32,33)20-7-8-20)14-23(29)17-3-5-18(6-4-17)26(30)31/h3-6,9,11,13,19-20,23,27-28H,7-8,10,12,14-15H2,1-2H3,(H,30,31)/t19-,23-/m0/s1. The van der Waals surface area contributed by atoms with Crippen LogP contribution in [0.4, 0.5) is 0 Å². The van der Waals surface area contributed by atoms with Gasteiger partial charge in [0.1, 0.15) is 5.75 Å². The van der Waals surface area contributed by atoms with E-state index in [1.54, 1.807) is 19.2 Å². The van der Waals surface area contributed by atoms with Crippen molar-refractivity contribution in [1.29, 1.82) is 0 Å². The third-order valence-electron chi connectivity index (χ3n) is 7.24. The van der Waals surface area contributed by atoms with Gasteiger partial charge in [-0.2, -0.15) is 0 Å². The van der Waals surface area contributed by atoms with Crippen molar-refractivity contribution < 1.29 is 23.1 Å². The molecule has 2 heterocycles. The topological polar surface area (TPSA) is 112 Å². The van der Waals surface area contributed by atoms with Crippen molar-refractivity contribution in [2.45, 2.75) is 56.5 Å². The Bertz CT molecular complexity index is 1350. The Morgan fingerprint density at radius 2 is 1.94 bits per heavy atom. The number of H-pyrrole nitrogens is 1. The van der Waals surface area contributed by atoms with Crippen LogP contribution in [0.25, 0.3) is 10.9 Å². The van der Waals surface area contributed by atoms with Gasteiger partial charge in [-0.25, -0.2) is 17.9 Å². The molecule has 1 saturated carbocycles. The number of hydrogen-bond acceptors (Lipinski definition) is 5. The van der Waals surface area contributed by atoms with Crippen molar-refractivity contribution in [3.63, 3.8) is 0 Å². The van der Waals surface area contributed by atoms with E-state index < -0.39 is 16.0 Å². The molecule has 2 atom stereocenters. The highest BCUT2D eigenvalue weighted by molar-refractivity contribution is 7.90. The van der Waals surface area contributed by atoms with E-state index in [1.165, 1.54) is 0 Å². The molecule has 0 spiro atoms. The van der Waals surface area contributed by atoms with Crippen LogP contribution in [0.15, 0.2) is 42.6 Å². The molecule has 8 nitrogen and oxygen atoms in total. The van der Waals surface area contributed by atoms with E-state index >= 15 is 0 Å². The number of carbonyl (C=O) groups is 1. The Morgan fingerprint density at radius 1 is 1.20 bits per heavy atom. The maximum atomic E-state index is 12.6. The minimum atomic E-state index is -3.29. The molecular formula is C26H31N3O5S. The van der Waals surface area contributed by atoms with Crippen LogP contribution in [0.3, 0.4) is 0 Å². The number of nitrogens with zero attached hydrogens (tertiary/aromatic N) is 1. The fourth-order valence-electron chi connectivity index (χ4n) is 5.20. The van der Waals surface area contributed by atoms with Gasteiger partial charge >= 0.3 is 5.97 Å². The number of piperidine rings is 1. The number of fused-ring (bicyclic) bond motifs is 1. The number of methoxy groups -OCH3 is 1. The molecule has 35 heavy (non-hydrogen) atoms. The summed E-state index contributed by atoms with van der Waals surface area (Å²) in [6.45, 7) is 3.38. The van der Waals surface area contributed by atoms with Gasteiger partial charge in [-0.3, -0.25) is 4.90 Å². The summed E-state index contributed by atoms with van der Waals surface area (Å²) in [5, 5.41) is 10.2. The average Bonchev–Trinajstić information content (AvgIpc) is 3.59. The van der Waals surface area contributed by atoms with Crippen LogP contribution in [-0.2, 0) is 16.6 Å². The lowest BCUT2D eigenvalue weighted by Gasteiger charge is -2.40. The summed E-state index contributed by atoms with van der Waals surface area (Å²) >= 11 is 0. The highest BCUT2D eigenvalue weighted by atomic mass is 32.2. The van der Waals surface area contributed by atoms with Crippen molar-refractivity contribution >= 4 is 26.9 Å². The first-order chi connectivity index (χ1) is 16.8. The number of carboxylic acid groups (broad SMARTS) is 1. The van der Waals surface area contributed by atoms with E-state index in [4.69, 9.17) is 4.74 Å². The largest absolute Gasteiger partial charge is 0.496 e. The maximum Gasteiger partial charge on any atom is 0.335 e. The number of aromatic amines is 1. The number of ether oxygens (including phenoxy) is 1. The van der Waals surface area contributed by atoms with Gasteiger partial charge in [0.05, 0.1) is 17.9 Å². The van der Waals surface area contributed by atoms with Gasteiger partial charge in [-0.15, -0.1) is 0 Å². The molecule has 186 valence electrons. The second-order valence-corrected chi connectivity index (χ2v) is 11.6. The number of hydrogen-bond donors (Lipinski definition) is 3. The van der Waals surface area contributed by atoms with E-state index in [1.807, 2.05) is 24.4 Å². The summed E-state index contributed by atoms with van der Waals surface area (Å²) < 4.78 is 33.9. The van der Waals surface area contributed by atoms with E-state index in [2.05, 4.69) is 27.6 Å². The molecule has 0 amide bonds. The number of aryl methyl sites for hydroxylation is 1. The molecule has 9 heteroatoms. The smallest absolute Gasteiger partial charge is 0.335 e. The molecule has 0 bridgehead atoms. The van der Waals surface area contributed by atoms with Crippen LogP contribution >= 0.6 is 0 Å². The number of nitrogens with one attached hydrogen (secondary N) is 2. The Kier molecular flexibility index (Phi) is 6.33. The monoisotopic (exact) mass is 497 g/mol. The minimum absolute atomic E-state index is 0.0708. The van der Waals surface area contributed by atoms with Gasteiger partial charge in [0.25, 0.3) is 0 Å². The molecule has 3 aromatic rings. The normalized spacial score (nSPS) is 21.3. The van der Waals surface area contributed by atoms with Gasteiger partial charge < -0.3 is 14.8 Å². The summed E-state index contributed by atoms with van der Waals surface area (Å²) in [4.78, 5) is 17.0. The lowest BCUT2D eigenvalue weighted by atomic mass is 9.91. The van der Waals surface area contributed by atoms with Gasteiger partial charge in [0.15, 0.2) is 0 Å². The zero-order valence-corrected chi connectivity index (χ0v) is 20.8. The third-order valence-corrected chi connectivity index (χ3v) is 9.25. The number of carboxylic acids is 1. The van der Waals surface area contributed by atoms with Crippen LogP contribution in [-0.4, -0.2) is 54.3 Å². The Hall–Kier alpha value is -2.88. The predicted molar refractivity (Wildman–Crippen MR) is 134 cm³/mol. The quantitative estimate of drug-likeness (QED) is 0.434. The molecule has 0 radical (unpaired) electrons. The number of likely N-dealkylation sites (tertiary alicyclic amines) is 1. The molecule has 1 aliphatic heterocycles. The van der Waals surface area contributed by atoms with Crippen LogP contribution in [0.5, 0.6) is 5.75 Å². The maximum absolute atomic E-state index is 12.6. The fourth-order valence-corrected chi connectivity index (χ4v) is 6.82. The highest BCUT2D eigenvalue weighted by Gasteiger charge is 2.39. The molecule has 2 aromatic carbocycles. The average molecular weight is 498 g/mol. The summed E-state index contributed by atoms with van der Waals surface area (Å²) in [7, 11) is -1.62. The summed E-state index contributed by atoms with van der Waals surface area (Å²) in [5.41, 5.74) is 4.48. The molecule has 3 N–H and O–H groups in total. The molecular weight excluding hydrogens is 466 g/mol. The first-order valence-electron chi connectivity index (χ1n) is 12.0. The van der Waals surface area contributed by atoms with E-state index in [0.717, 1.165) is 46.2 Å². The SMILES string of the molecule is COc1cc(C)c2[nH]ccc2c1CN1CC[C@H](NS(=O)(=O)C2CC2)C[C@H]1c1ccc(C(=O)O)cc1. The molecule has 2 fully saturated rings. The Morgan fingerprint density at radius 3 is 2.60 bits per heavy atom. The second kappa shape index (κ2) is 9.29. The summed E-state index contributed by atoms with van der Waals surface area (Å²) in [6, 6.07) is 10.8. The van der Waals surface area contributed by atoms with Crippen molar-refractivity contribution in [3.05, 3.63) is 64.8 Å². The Balaban J connectivity index is 1.47. The minimum Gasteiger partial charge on any atom is -0.496 e. The summed E-state index contributed by atoms with van der Waals surface area (Å²) in [5.74, 6) is -0.141. The lowest BCUT2D eigenvalue weighted by Crippen LogP contribution is -2.46. The highest BCUT2D eigenvalue weighted by Crippen LogP contribution is 2.38. The third kappa shape index (κ3) is 4.80. The van der Waals surface area contributed by atoms with Crippen molar-refractivity contribution in [1.82, 2.24) is 14.6 Å². The summed E-state index contributed by atoms with van der Waals surface area (Å²) in [6.07, 6.45) is 4.72. The fraction of sp³-hybridized carbons (Fsp3) is 0.423. The van der Waals surface area contributed by atoms with Crippen molar-refractivity contribution in [2.24, 2.45) is 0 Å². The van der Waals surface area contributed by atoms with Gasteiger partial charge in [-0.05, 0) is 68.0 Å². The number of aromatic nitrogens is 1.